The van der Waals surface area contributed by atoms with Crippen molar-refractivity contribution in [1.29, 1.82) is 0 Å². The fourth-order valence-corrected chi connectivity index (χ4v) is 2.52. The molecule has 0 unspecified atom stereocenters. The van der Waals surface area contributed by atoms with Crippen molar-refractivity contribution in [2.45, 2.75) is 6.92 Å². The molecule has 72 valence electrons. The number of thiophene rings is 1. The quantitative estimate of drug-likeness (QED) is 0.866. The van der Waals surface area contributed by atoms with Gasteiger partial charge >= 0.3 is 0 Å². The third-order valence-corrected chi connectivity index (χ3v) is 3.34. The Morgan fingerprint density at radius 2 is 2.14 bits per heavy atom. The average molecular weight is 270 g/mol. The molecule has 2 heterocycles. The number of anilines is 1. The van der Waals surface area contributed by atoms with Crippen LogP contribution in [0.5, 0.6) is 0 Å². The summed E-state index contributed by atoms with van der Waals surface area (Å²) in [5.41, 5.74) is 7.34. The summed E-state index contributed by atoms with van der Waals surface area (Å²) in [6.07, 6.45) is 0. The Bertz CT molecular complexity index is 447. The van der Waals surface area contributed by atoms with Gasteiger partial charge in [-0.05, 0) is 41.1 Å². The lowest BCUT2D eigenvalue weighted by atomic mass is 10.3. The Balaban J connectivity index is 2.51. The molecule has 2 rings (SSSR count). The van der Waals surface area contributed by atoms with E-state index in [9.17, 15) is 0 Å². The van der Waals surface area contributed by atoms with Crippen LogP contribution in [0.3, 0.4) is 0 Å². The second kappa shape index (κ2) is 3.67. The van der Waals surface area contributed by atoms with E-state index in [4.69, 9.17) is 5.73 Å². The summed E-state index contributed by atoms with van der Waals surface area (Å²) >= 11 is 5.04. The fraction of sp³-hybridized carbons (Fsp3) is 0.111. The zero-order chi connectivity index (χ0) is 10.1. The lowest BCUT2D eigenvalue weighted by molar-refractivity contribution is 1.13. The van der Waals surface area contributed by atoms with Gasteiger partial charge in [0.25, 0.3) is 0 Å². The summed E-state index contributed by atoms with van der Waals surface area (Å²) < 4.78 is 1.09. The molecule has 0 aliphatic rings. The van der Waals surface area contributed by atoms with Crippen molar-refractivity contribution in [3.8, 4) is 10.6 Å². The van der Waals surface area contributed by atoms with E-state index in [-0.39, 0.29) is 0 Å². The average Bonchev–Trinajstić information content (AvgIpc) is 2.50. The van der Waals surface area contributed by atoms with Gasteiger partial charge < -0.3 is 5.73 Å². The molecule has 2 N–H and O–H groups in total. The Morgan fingerprint density at radius 1 is 1.36 bits per heavy atom. The van der Waals surface area contributed by atoms with Crippen molar-refractivity contribution in [1.82, 2.24) is 9.97 Å². The molecule has 0 radical (unpaired) electrons. The Labute approximate surface area is 94.1 Å². The smallest absolute Gasteiger partial charge is 0.220 e. The lowest BCUT2D eigenvalue weighted by Gasteiger charge is -1.99. The summed E-state index contributed by atoms with van der Waals surface area (Å²) in [7, 11) is 0. The molecule has 2 aromatic rings. The minimum Gasteiger partial charge on any atom is -0.368 e. The van der Waals surface area contributed by atoms with Crippen LogP contribution in [-0.2, 0) is 0 Å². The monoisotopic (exact) mass is 269 g/mol. The number of nitrogen functional groups attached to an aromatic ring is 1. The first kappa shape index (κ1) is 9.61. The molecular formula is C9H8BrN3S. The third-order valence-electron chi connectivity index (χ3n) is 1.70. The van der Waals surface area contributed by atoms with Gasteiger partial charge in [-0.1, -0.05) is 0 Å². The van der Waals surface area contributed by atoms with Crippen LogP contribution < -0.4 is 5.73 Å². The minimum absolute atomic E-state index is 0.324. The molecule has 5 heteroatoms. The van der Waals surface area contributed by atoms with Gasteiger partial charge in [-0.2, -0.15) is 0 Å². The van der Waals surface area contributed by atoms with E-state index in [1.807, 2.05) is 25.1 Å². The van der Waals surface area contributed by atoms with Crippen LogP contribution in [0.1, 0.15) is 5.69 Å². The van der Waals surface area contributed by atoms with Gasteiger partial charge in [-0.3, -0.25) is 0 Å². The van der Waals surface area contributed by atoms with Gasteiger partial charge in [-0.25, -0.2) is 9.97 Å². The SMILES string of the molecule is Cc1cc(-c2ccc(Br)s2)nc(N)n1. The molecule has 0 saturated carbocycles. The van der Waals surface area contributed by atoms with Gasteiger partial charge in [-0.15, -0.1) is 11.3 Å². The van der Waals surface area contributed by atoms with E-state index in [1.54, 1.807) is 11.3 Å². The number of nitrogens with zero attached hydrogens (tertiary/aromatic N) is 2. The number of aromatic nitrogens is 2. The summed E-state index contributed by atoms with van der Waals surface area (Å²) in [4.78, 5) is 9.29. The zero-order valence-corrected chi connectivity index (χ0v) is 9.89. The van der Waals surface area contributed by atoms with Crippen LogP contribution in [-0.4, -0.2) is 9.97 Å². The Hall–Kier alpha value is -0.940. The van der Waals surface area contributed by atoms with Crippen molar-refractivity contribution in [2.75, 3.05) is 5.73 Å². The van der Waals surface area contributed by atoms with Crippen molar-refractivity contribution in [3.05, 3.63) is 27.7 Å². The highest BCUT2D eigenvalue weighted by Crippen LogP contribution is 2.30. The lowest BCUT2D eigenvalue weighted by Crippen LogP contribution is -1.97. The maximum absolute atomic E-state index is 5.57. The first-order chi connectivity index (χ1) is 6.65. The first-order valence-corrected chi connectivity index (χ1v) is 5.63. The molecule has 0 fully saturated rings. The number of halogens is 1. The highest BCUT2D eigenvalue weighted by molar-refractivity contribution is 9.11. The summed E-state index contributed by atoms with van der Waals surface area (Å²) in [6.45, 7) is 1.91. The molecular weight excluding hydrogens is 262 g/mol. The largest absolute Gasteiger partial charge is 0.368 e. The molecule has 2 aromatic heterocycles. The van der Waals surface area contributed by atoms with Crippen LogP contribution >= 0.6 is 27.3 Å². The maximum Gasteiger partial charge on any atom is 0.220 e. The summed E-state index contributed by atoms with van der Waals surface area (Å²) in [5.74, 6) is 0.324. The van der Waals surface area contributed by atoms with Crippen molar-refractivity contribution >= 4 is 33.2 Å². The van der Waals surface area contributed by atoms with Crippen LogP contribution in [0.4, 0.5) is 5.95 Å². The predicted molar refractivity (Wildman–Crippen MR) is 62.2 cm³/mol. The molecule has 0 amide bonds. The summed E-state index contributed by atoms with van der Waals surface area (Å²) in [5, 5.41) is 0. The van der Waals surface area contributed by atoms with Crippen LogP contribution in [0.2, 0.25) is 0 Å². The zero-order valence-electron chi connectivity index (χ0n) is 7.49. The third kappa shape index (κ3) is 1.93. The minimum atomic E-state index is 0.324. The predicted octanol–water partition coefficient (Wildman–Crippen LogP) is 2.86. The molecule has 0 atom stereocenters. The second-order valence-electron chi connectivity index (χ2n) is 2.86. The molecule has 0 bridgehead atoms. The molecule has 3 nitrogen and oxygen atoms in total. The standard InChI is InChI=1S/C9H8BrN3S/c1-5-4-6(13-9(11)12-5)7-2-3-8(10)14-7/h2-4H,1H3,(H2,11,12,13). The number of rotatable bonds is 1. The van der Waals surface area contributed by atoms with Crippen LogP contribution in [0.25, 0.3) is 10.6 Å². The van der Waals surface area contributed by atoms with E-state index in [0.717, 1.165) is 20.1 Å². The van der Waals surface area contributed by atoms with Gasteiger partial charge in [0, 0.05) is 5.69 Å². The van der Waals surface area contributed by atoms with Crippen molar-refractivity contribution < 1.29 is 0 Å². The molecule has 0 spiro atoms. The van der Waals surface area contributed by atoms with Gasteiger partial charge in [0.2, 0.25) is 5.95 Å². The van der Waals surface area contributed by atoms with Crippen LogP contribution in [0, 0.1) is 6.92 Å². The van der Waals surface area contributed by atoms with E-state index in [1.165, 1.54) is 0 Å². The molecule has 0 aromatic carbocycles. The molecule has 0 saturated heterocycles. The summed E-state index contributed by atoms with van der Waals surface area (Å²) in [6, 6.07) is 5.93. The number of hydrogen-bond donors (Lipinski definition) is 1. The fourth-order valence-electron chi connectivity index (χ4n) is 1.17. The molecule has 0 aliphatic heterocycles. The maximum atomic E-state index is 5.57. The topological polar surface area (TPSA) is 51.8 Å². The first-order valence-electron chi connectivity index (χ1n) is 4.02. The molecule has 14 heavy (non-hydrogen) atoms. The highest BCUT2D eigenvalue weighted by Gasteiger charge is 2.04. The highest BCUT2D eigenvalue weighted by atomic mass is 79.9. The number of nitrogens with two attached hydrogens (primary N) is 1. The van der Waals surface area contributed by atoms with E-state index in [2.05, 4.69) is 25.9 Å². The Morgan fingerprint density at radius 3 is 2.71 bits per heavy atom. The second-order valence-corrected chi connectivity index (χ2v) is 5.32. The van der Waals surface area contributed by atoms with E-state index < -0.39 is 0 Å². The number of aryl methyl sites for hydroxylation is 1. The van der Waals surface area contributed by atoms with Gasteiger partial charge in [0.05, 0.1) is 14.4 Å². The molecule has 0 aliphatic carbocycles. The van der Waals surface area contributed by atoms with Crippen molar-refractivity contribution in [3.63, 3.8) is 0 Å². The normalized spacial score (nSPS) is 10.4. The Kier molecular flexibility index (Phi) is 2.52. The van der Waals surface area contributed by atoms with E-state index >= 15 is 0 Å². The van der Waals surface area contributed by atoms with Crippen molar-refractivity contribution in [2.24, 2.45) is 0 Å². The van der Waals surface area contributed by atoms with Gasteiger partial charge in [0.1, 0.15) is 0 Å². The van der Waals surface area contributed by atoms with E-state index in [0.29, 0.717) is 5.95 Å². The van der Waals surface area contributed by atoms with Gasteiger partial charge in [0.15, 0.2) is 0 Å². The number of hydrogen-bond acceptors (Lipinski definition) is 4. The van der Waals surface area contributed by atoms with Crippen LogP contribution in [0.15, 0.2) is 22.0 Å².